The van der Waals surface area contributed by atoms with Gasteiger partial charge in [0.1, 0.15) is 5.82 Å². The number of rotatable bonds is 4. The van der Waals surface area contributed by atoms with E-state index in [0.717, 1.165) is 55.7 Å². The van der Waals surface area contributed by atoms with Gasteiger partial charge in [-0.2, -0.15) is 0 Å². The fraction of sp³-hybridized carbons (Fsp3) is 0.533. The highest BCUT2D eigenvalue weighted by Crippen LogP contribution is 2.19. The molecule has 1 aliphatic heterocycles. The second kappa shape index (κ2) is 7.02. The van der Waals surface area contributed by atoms with E-state index >= 15 is 0 Å². The van der Waals surface area contributed by atoms with E-state index in [9.17, 15) is 4.79 Å². The molecule has 1 N–H and O–H groups in total. The molecule has 0 amide bonds. The Morgan fingerprint density at radius 1 is 1.32 bits per heavy atom. The summed E-state index contributed by atoms with van der Waals surface area (Å²) in [5.41, 5.74) is 0.805. The smallest absolute Gasteiger partial charge is 0.251 e. The van der Waals surface area contributed by atoms with E-state index in [1.165, 1.54) is 0 Å². The Morgan fingerprint density at radius 2 is 2.23 bits per heavy atom. The molecule has 0 radical (unpaired) electrons. The average Bonchev–Trinajstić information content (AvgIpc) is 2.94. The van der Waals surface area contributed by atoms with E-state index < -0.39 is 0 Å². The van der Waals surface area contributed by atoms with Crippen LogP contribution in [0.1, 0.15) is 24.9 Å². The Labute approximate surface area is 133 Å². The van der Waals surface area contributed by atoms with Crippen molar-refractivity contribution >= 4 is 16.5 Å². The molecule has 0 saturated carbocycles. The van der Waals surface area contributed by atoms with E-state index in [4.69, 9.17) is 0 Å². The molecule has 6 nitrogen and oxygen atoms in total. The monoisotopic (exact) mass is 319 g/mol. The van der Waals surface area contributed by atoms with Gasteiger partial charge in [-0.25, -0.2) is 9.97 Å². The highest BCUT2D eigenvalue weighted by molar-refractivity contribution is 7.13. The number of aromatic nitrogens is 3. The van der Waals surface area contributed by atoms with Crippen molar-refractivity contribution < 1.29 is 0 Å². The molecule has 0 unspecified atom stereocenters. The van der Waals surface area contributed by atoms with Crippen LogP contribution in [0.5, 0.6) is 0 Å². The average molecular weight is 319 g/mol. The SMILES string of the molecule is CCc1cc(=O)[nH]c(CN2CCCN(c3nccs3)CC2)n1. The van der Waals surface area contributed by atoms with Crippen LogP contribution in [0.15, 0.2) is 22.4 Å². The molecule has 3 heterocycles. The Hall–Kier alpha value is -1.73. The van der Waals surface area contributed by atoms with E-state index in [1.807, 2.05) is 18.5 Å². The zero-order valence-corrected chi connectivity index (χ0v) is 13.6. The van der Waals surface area contributed by atoms with Crippen LogP contribution in [0.25, 0.3) is 0 Å². The van der Waals surface area contributed by atoms with Crippen LogP contribution in [0.2, 0.25) is 0 Å². The van der Waals surface area contributed by atoms with Crippen molar-refractivity contribution in [2.24, 2.45) is 0 Å². The minimum atomic E-state index is -0.0546. The van der Waals surface area contributed by atoms with Crippen molar-refractivity contribution in [1.29, 1.82) is 0 Å². The Bertz CT molecular complexity index is 654. The molecule has 0 atom stereocenters. The second-order valence-corrected chi connectivity index (χ2v) is 6.34. The van der Waals surface area contributed by atoms with Gasteiger partial charge in [-0.1, -0.05) is 6.92 Å². The third kappa shape index (κ3) is 3.72. The molecule has 1 saturated heterocycles. The zero-order chi connectivity index (χ0) is 15.4. The van der Waals surface area contributed by atoms with Crippen molar-refractivity contribution in [3.63, 3.8) is 0 Å². The van der Waals surface area contributed by atoms with Crippen molar-refractivity contribution in [3.8, 4) is 0 Å². The quantitative estimate of drug-likeness (QED) is 0.925. The van der Waals surface area contributed by atoms with Crippen molar-refractivity contribution in [2.45, 2.75) is 26.3 Å². The topological polar surface area (TPSA) is 65.1 Å². The Kier molecular flexibility index (Phi) is 4.84. The summed E-state index contributed by atoms with van der Waals surface area (Å²) in [4.78, 5) is 28.1. The van der Waals surface area contributed by atoms with Gasteiger partial charge in [0.25, 0.3) is 5.56 Å². The van der Waals surface area contributed by atoms with Crippen LogP contribution in [-0.4, -0.2) is 46.0 Å². The van der Waals surface area contributed by atoms with E-state index in [-0.39, 0.29) is 5.56 Å². The van der Waals surface area contributed by atoms with Gasteiger partial charge in [0.05, 0.1) is 6.54 Å². The van der Waals surface area contributed by atoms with Crippen molar-refractivity contribution in [2.75, 3.05) is 31.1 Å². The maximum absolute atomic E-state index is 11.7. The molecule has 118 valence electrons. The third-order valence-electron chi connectivity index (χ3n) is 3.86. The van der Waals surface area contributed by atoms with Crippen LogP contribution < -0.4 is 10.5 Å². The lowest BCUT2D eigenvalue weighted by Crippen LogP contribution is -2.31. The highest BCUT2D eigenvalue weighted by atomic mass is 32.1. The van der Waals surface area contributed by atoms with Crippen molar-refractivity contribution in [1.82, 2.24) is 19.9 Å². The largest absolute Gasteiger partial charge is 0.347 e. The maximum atomic E-state index is 11.7. The minimum absolute atomic E-state index is 0.0546. The summed E-state index contributed by atoms with van der Waals surface area (Å²) >= 11 is 1.69. The molecule has 2 aromatic heterocycles. The second-order valence-electron chi connectivity index (χ2n) is 5.47. The van der Waals surface area contributed by atoms with Crippen LogP contribution in [0, 0.1) is 0 Å². The Balaban J connectivity index is 1.64. The first-order chi connectivity index (χ1) is 10.7. The fourth-order valence-corrected chi connectivity index (χ4v) is 3.42. The fourth-order valence-electron chi connectivity index (χ4n) is 2.72. The van der Waals surface area contributed by atoms with Gasteiger partial charge < -0.3 is 9.88 Å². The van der Waals surface area contributed by atoms with Gasteiger partial charge in [-0.3, -0.25) is 9.69 Å². The van der Waals surface area contributed by atoms with Gasteiger partial charge in [-0.05, 0) is 12.8 Å². The molecule has 0 bridgehead atoms. The summed E-state index contributed by atoms with van der Waals surface area (Å²) in [5.74, 6) is 0.770. The third-order valence-corrected chi connectivity index (χ3v) is 4.69. The number of aromatic amines is 1. The molecule has 0 aliphatic carbocycles. The summed E-state index contributed by atoms with van der Waals surface area (Å²) in [6.07, 6.45) is 3.74. The summed E-state index contributed by atoms with van der Waals surface area (Å²) < 4.78 is 0. The molecule has 0 spiro atoms. The normalized spacial score (nSPS) is 16.7. The van der Waals surface area contributed by atoms with Gasteiger partial charge in [0.2, 0.25) is 0 Å². The molecule has 1 fully saturated rings. The number of nitrogens with zero attached hydrogens (tertiary/aromatic N) is 4. The van der Waals surface area contributed by atoms with Gasteiger partial charge in [0, 0.05) is 49.5 Å². The molecular weight excluding hydrogens is 298 g/mol. The number of anilines is 1. The first-order valence-corrected chi connectivity index (χ1v) is 8.58. The lowest BCUT2D eigenvalue weighted by atomic mass is 10.3. The van der Waals surface area contributed by atoms with E-state index in [2.05, 4.69) is 24.8 Å². The van der Waals surface area contributed by atoms with Crippen LogP contribution >= 0.6 is 11.3 Å². The van der Waals surface area contributed by atoms with Gasteiger partial charge in [0.15, 0.2) is 5.13 Å². The standard InChI is InChI=1S/C15H21N5OS/c1-2-12-10-14(21)18-13(17-12)11-19-5-3-6-20(8-7-19)15-16-4-9-22-15/h4,9-10H,2-3,5-8,11H2,1H3,(H,17,18,21). The van der Waals surface area contributed by atoms with Crippen LogP contribution in [0.3, 0.4) is 0 Å². The number of H-pyrrole nitrogens is 1. The number of thiazole rings is 1. The number of aryl methyl sites for hydroxylation is 1. The molecule has 22 heavy (non-hydrogen) atoms. The molecular formula is C15H21N5OS. The highest BCUT2D eigenvalue weighted by Gasteiger charge is 2.17. The summed E-state index contributed by atoms with van der Waals surface area (Å²) in [7, 11) is 0. The minimum Gasteiger partial charge on any atom is -0.347 e. The predicted molar refractivity (Wildman–Crippen MR) is 88.5 cm³/mol. The zero-order valence-electron chi connectivity index (χ0n) is 12.8. The number of nitrogens with one attached hydrogen (secondary N) is 1. The molecule has 2 aromatic rings. The lowest BCUT2D eigenvalue weighted by molar-refractivity contribution is 0.277. The summed E-state index contributed by atoms with van der Waals surface area (Å²) in [6.45, 7) is 6.69. The number of hydrogen-bond donors (Lipinski definition) is 1. The van der Waals surface area contributed by atoms with Crippen molar-refractivity contribution in [3.05, 3.63) is 39.5 Å². The van der Waals surface area contributed by atoms with Gasteiger partial charge in [-0.15, -0.1) is 11.3 Å². The van der Waals surface area contributed by atoms with Crippen LogP contribution in [-0.2, 0) is 13.0 Å². The summed E-state index contributed by atoms with van der Waals surface area (Å²) in [6, 6.07) is 1.58. The first kappa shape index (κ1) is 15.2. The van der Waals surface area contributed by atoms with E-state index in [1.54, 1.807) is 17.4 Å². The molecule has 3 rings (SSSR count). The maximum Gasteiger partial charge on any atom is 0.251 e. The predicted octanol–water partition coefficient (Wildman–Crippen LogP) is 1.50. The molecule has 0 aromatic carbocycles. The first-order valence-electron chi connectivity index (χ1n) is 7.70. The van der Waals surface area contributed by atoms with E-state index in [0.29, 0.717) is 6.54 Å². The van der Waals surface area contributed by atoms with Crippen LogP contribution in [0.4, 0.5) is 5.13 Å². The lowest BCUT2D eigenvalue weighted by Gasteiger charge is -2.21. The number of hydrogen-bond acceptors (Lipinski definition) is 6. The molecule has 7 heteroatoms. The Morgan fingerprint density at radius 3 is 3.00 bits per heavy atom. The molecule has 1 aliphatic rings. The summed E-state index contributed by atoms with van der Waals surface area (Å²) in [5, 5.41) is 3.12. The van der Waals surface area contributed by atoms with Gasteiger partial charge >= 0.3 is 0 Å².